The molecule has 16 heavy (non-hydrogen) atoms. The van der Waals surface area contributed by atoms with Gasteiger partial charge < -0.3 is 15.0 Å². The molecule has 90 valence electrons. The fourth-order valence-electron chi connectivity index (χ4n) is 1.57. The molecule has 1 atom stereocenters. The van der Waals surface area contributed by atoms with E-state index in [2.05, 4.69) is 11.9 Å². The first kappa shape index (κ1) is 12.7. The molecule has 0 spiro atoms. The van der Waals surface area contributed by atoms with Crippen molar-refractivity contribution >= 4 is 5.97 Å². The molecule has 0 saturated heterocycles. The maximum Gasteiger partial charge on any atom is 0.307 e. The molecule has 1 unspecified atom stereocenters. The predicted molar refractivity (Wildman–Crippen MR) is 60.7 cm³/mol. The van der Waals surface area contributed by atoms with E-state index in [0.717, 1.165) is 18.7 Å². The number of esters is 1. The molecule has 0 amide bonds. The molecule has 1 heterocycles. The van der Waals surface area contributed by atoms with Crippen molar-refractivity contribution in [3.05, 3.63) is 18.2 Å². The van der Waals surface area contributed by atoms with E-state index >= 15 is 0 Å². The zero-order valence-corrected chi connectivity index (χ0v) is 9.85. The average Bonchev–Trinajstić information content (AvgIpc) is 2.66. The number of nitrogens with two attached hydrogens (primary N) is 1. The van der Waals surface area contributed by atoms with Gasteiger partial charge in [0.1, 0.15) is 0 Å². The molecule has 0 aliphatic carbocycles. The Morgan fingerprint density at radius 1 is 1.62 bits per heavy atom. The monoisotopic (exact) mass is 225 g/mol. The molecule has 5 nitrogen and oxygen atoms in total. The second kappa shape index (κ2) is 6.27. The number of aromatic nitrogens is 2. The Hall–Kier alpha value is -1.36. The summed E-state index contributed by atoms with van der Waals surface area (Å²) in [7, 11) is 0. The predicted octanol–water partition coefficient (Wildman–Crippen LogP) is 1.25. The van der Waals surface area contributed by atoms with Crippen LogP contribution in [0.1, 0.15) is 38.4 Å². The highest BCUT2D eigenvalue weighted by atomic mass is 16.5. The summed E-state index contributed by atoms with van der Waals surface area (Å²) in [4.78, 5) is 15.3. The van der Waals surface area contributed by atoms with Gasteiger partial charge in [-0.05, 0) is 13.3 Å². The Labute approximate surface area is 95.6 Å². The summed E-state index contributed by atoms with van der Waals surface area (Å²) in [5.74, 6) is -0.265. The van der Waals surface area contributed by atoms with Crippen LogP contribution in [-0.4, -0.2) is 22.1 Å². The van der Waals surface area contributed by atoms with Gasteiger partial charge in [0.05, 0.1) is 31.1 Å². The lowest BCUT2D eigenvalue weighted by Crippen LogP contribution is -2.20. The van der Waals surface area contributed by atoms with Gasteiger partial charge in [0.25, 0.3) is 0 Å². The Bertz CT molecular complexity index is 336. The smallest absolute Gasteiger partial charge is 0.307 e. The number of nitrogens with zero attached hydrogens (tertiary/aromatic N) is 2. The second-order valence-electron chi connectivity index (χ2n) is 3.63. The van der Waals surface area contributed by atoms with E-state index in [0.29, 0.717) is 6.61 Å². The van der Waals surface area contributed by atoms with Crippen molar-refractivity contribution < 1.29 is 9.53 Å². The molecule has 1 aromatic heterocycles. The van der Waals surface area contributed by atoms with Gasteiger partial charge in [-0.1, -0.05) is 6.92 Å². The first-order valence-electron chi connectivity index (χ1n) is 5.60. The van der Waals surface area contributed by atoms with Crippen LogP contribution >= 0.6 is 0 Å². The zero-order valence-electron chi connectivity index (χ0n) is 9.85. The Kier molecular flexibility index (Phi) is 4.98. The third-order valence-corrected chi connectivity index (χ3v) is 2.28. The maximum absolute atomic E-state index is 11.3. The van der Waals surface area contributed by atoms with Crippen molar-refractivity contribution in [2.75, 3.05) is 6.61 Å². The number of hydrogen-bond donors (Lipinski definition) is 1. The number of ether oxygens (including phenoxy) is 1. The lowest BCUT2D eigenvalue weighted by molar-refractivity contribution is -0.143. The fourth-order valence-corrected chi connectivity index (χ4v) is 1.57. The van der Waals surface area contributed by atoms with E-state index in [1.165, 1.54) is 0 Å². The minimum absolute atomic E-state index is 0.198. The van der Waals surface area contributed by atoms with Crippen molar-refractivity contribution in [1.29, 1.82) is 0 Å². The lowest BCUT2D eigenvalue weighted by Gasteiger charge is -2.13. The largest absolute Gasteiger partial charge is 0.466 e. The van der Waals surface area contributed by atoms with Gasteiger partial charge in [-0.3, -0.25) is 4.79 Å². The van der Waals surface area contributed by atoms with Gasteiger partial charge >= 0.3 is 5.97 Å². The van der Waals surface area contributed by atoms with E-state index in [4.69, 9.17) is 10.5 Å². The average molecular weight is 225 g/mol. The molecular formula is C11H19N3O2. The van der Waals surface area contributed by atoms with Gasteiger partial charge in [0.2, 0.25) is 0 Å². The third kappa shape index (κ3) is 3.34. The standard InChI is InChI=1S/C11H19N3O2/c1-3-5-14-8-13-7-10(14)9(12)6-11(15)16-4-2/h7-9H,3-6,12H2,1-2H3. The summed E-state index contributed by atoms with van der Waals surface area (Å²) in [6.45, 7) is 5.12. The topological polar surface area (TPSA) is 70.1 Å². The molecule has 0 aliphatic rings. The van der Waals surface area contributed by atoms with E-state index in [1.54, 1.807) is 19.4 Å². The highest BCUT2D eigenvalue weighted by Crippen LogP contribution is 2.14. The van der Waals surface area contributed by atoms with Crippen LogP contribution in [0.5, 0.6) is 0 Å². The summed E-state index contributed by atoms with van der Waals surface area (Å²) in [5.41, 5.74) is 6.82. The molecular weight excluding hydrogens is 206 g/mol. The molecule has 0 aromatic carbocycles. The molecule has 1 aromatic rings. The number of aryl methyl sites for hydroxylation is 1. The molecule has 5 heteroatoms. The zero-order chi connectivity index (χ0) is 12.0. The summed E-state index contributed by atoms with van der Waals surface area (Å²) >= 11 is 0. The summed E-state index contributed by atoms with van der Waals surface area (Å²) in [5, 5.41) is 0. The van der Waals surface area contributed by atoms with Gasteiger partial charge in [-0.2, -0.15) is 0 Å². The Morgan fingerprint density at radius 3 is 3.00 bits per heavy atom. The van der Waals surface area contributed by atoms with E-state index in [1.807, 2.05) is 4.57 Å². The SMILES string of the molecule is CCCn1cncc1C(N)CC(=O)OCC. The Balaban J connectivity index is 2.61. The third-order valence-electron chi connectivity index (χ3n) is 2.28. The van der Waals surface area contributed by atoms with Gasteiger partial charge in [-0.15, -0.1) is 0 Å². The van der Waals surface area contributed by atoms with Crippen LogP contribution in [-0.2, 0) is 16.1 Å². The molecule has 0 radical (unpaired) electrons. The van der Waals surface area contributed by atoms with Gasteiger partial charge in [0.15, 0.2) is 0 Å². The van der Waals surface area contributed by atoms with Crippen LogP contribution in [0, 0.1) is 0 Å². The van der Waals surface area contributed by atoms with Crippen LogP contribution < -0.4 is 5.73 Å². The van der Waals surface area contributed by atoms with Crippen LogP contribution in [0.25, 0.3) is 0 Å². The molecule has 0 saturated carbocycles. The number of imidazole rings is 1. The number of carbonyl (C=O) groups is 1. The summed E-state index contributed by atoms with van der Waals surface area (Å²) < 4.78 is 6.84. The highest BCUT2D eigenvalue weighted by molar-refractivity contribution is 5.70. The maximum atomic E-state index is 11.3. The quantitative estimate of drug-likeness (QED) is 0.740. The van der Waals surface area contributed by atoms with Gasteiger partial charge in [-0.25, -0.2) is 4.98 Å². The molecule has 2 N–H and O–H groups in total. The molecule has 0 fully saturated rings. The van der Waals surface area contributed by atoms with Crippen LogP contribution in [0.15, 0.2) is 12.5 Å². The van der Waals surface area contributed by atoms with E-state index in [-0.39, 0.29) is 18.4 Å². The number of rotatable bonds is 6. The van der Waals surface area contributed by atoms with Gasteiger partial charge in [0, 0.05) is 12.7 Å². The van der Waals surface area contributed by atoms with Crippen LogP contribution in [0.2, 0.25) is 0 Å². The van der Waals surface area contributed by atoms with Crippen molar-refractivity contribution in [2.45, 2.75) is 39.3 Å². The number of carbonyl (C=O) groups excluding carboxylic acids is 1. The summed E-state index contributed by atoms with van der Waals surface area (Å²) in [6, 6.07) is -0.340. The molecule has 0 aliphatic heterocycles. The van der Waals surface area contributed by atoms with Crippen LogP contribution in [0.4, 0.5) is 0 Å². The Morgan fingerprint density at radius 2 is 2.38 bits per heavy atom. The van der Waals surface area contributed by atoms with Crippen molar-refractivity contribution in [2.24, 2.45) is 5.73 Å². The van der Waals surface area contributed by atoms with E-state index in [9.17, 15) is 4.79 Å². The van der Waals surface area contributed by atoms with Crippen molar-refractivity contribution in [3.8, 4) is 0 Å². The fraction of sp³-hybridized carbons (Fsp3) is 0.636. The molecule has 0 bridgehead atoms. The normalized spacial score (nSPS) is 12.4. The minimum Gasteiger partial charge on any atom is -0.466 e. The number of hydrogen-bond acceptors (Lipinski definition) is 4. The van der Waals surface area contributed by atoms with E-state index < -0.39 is 0 Å². The highest BCUT2D eigenvalue weighted by Gasteiger charge is 2.15. The first-order valence-corrected chi connectivity index (χ1v) is 5.60. The summed E-state index contributed by atoms with van der Waals surface area (Å²) in [6.07, 6.45) is 4.65. The lowest BCUT2D eigenvalue weighted by atomic mass is 10.1. The first-order chi connectivity index (χ1) is 7.69. The van der Waals surface area contributed by atoms with Crippen molar-refractivity contribution in [1.82, 2.24) is 9.55 Å². The minimum atomic E-state index is -0.340. The molecule has 1 rings (SSSR count). The van der Waals surface area contributed by atoms with Crippen molar-refractivity contribution in [3.63, 3.8) is 0 Å². The second-order valence-corrected chi connectivity index (χ2v) is 3.63. The van der Waals surface area contributed by atoms with Crippen LogP contribution in [0.3, 0.4) is 0 Å².